The molecule has 0 aliphatic heterocycles. The molecule has 1 aliphatic carbocycles. The van der Waals surface area contributed by atoms with Gasteiger partial charge in [0.1, 0.15) is 23.3 Å². The van der Waals surface area contributed by atoms with E-state index in [9.17, 15) is 27.2 Å². The molecule has 2 amide bonds. The summed E-state index contributed by atoms with van der Waals surface area (Å²) in [7, 11) is 1.09. The highest BCUT2D eigenvalue weighted by Crippen LogP contribution is 2.46. The lowest BCUT2D eigenvalue weighted by Crippen LogP contribution is -2.22. The number of hydrogen-bond donors (Lipinski definition) is 2. The molecule has 0 bridgehead atoms. The van der Waals surface area contributed by atoms with Crippen LogP contribution in [0.25, 0.3) is 0 Å². The van der Waals surface area contributed by atoms with Crippen molar-refractivity contribution < 1.29 is 31.9 Å². The number of aromatic nitrogens is 1. The Morgan fingerprint density at radius 1 is 1.36 bits per heavy atom. The van der Waals surface area contributed by atoms with Crippen LogP contribution in [0, 0.1) is 5.82 Å². The molecule has 150 valence electrons. The number of nitrogens with zero attached hydrogens (tertiary/aromatic N) is 1. The van der Waals surface area contributed by atoms with Crippen LogP contribution in [0.1, 0.15) is 39.8 Å². The quantitative estimate of drug-likeness (QED) is 0.732. The van der Waals surface area contributed by atoms with E-state index in [1.807, 2.05) is 0 Å². The van der Waals surface area contributed by atoms with E-state index >= 15 is 0 Å². The van der Waals surface area contributed by atoms with Crippen LogP contribution in [0.3, 0.4) is 0 Å². The SMILES string of the molecule is Cn1c(C(=O)Nc2ccc(F)c(Cl)c2)c2c(c1C(F)(F)F)C(OC(N)=O)CC2. The number of hydrogen-bond acceptors (Lipinski definition) is 3. The number of primary amides is 1. The van der Waals surface area contributed by atoms with Crippen molar-refractivity contribution in [2.45, 2.75) is 25.1 Å². The molecule has 3 rings (SSSR count). The summed E-state index contributed by atoms with van der Waals surface area (Å²) >= 11 is 5.66. The van der Waals surface area contributed by atoms with Gasteiger partial charge in [0, 0.05) is 18.3 Å². The number of carbonyl (C=O) groups is 2. The molecule has 1 atom stereocenters. The van der Waals surface area contributed by atoms with Crippen molar-refractivity contribution >= 4 is 29.3 Å². The number of benzene rings is 1. The molecule has 6 nitrogen and oxygen atoms in total. The Morgan fingerprint density at radius 2 is 2.04 bits per heavy atom. The van der Waals surface area contributed by atoms with E-state index < -0.39 is 35.8 Å². The molecule has 0 fully saturated rings. The molecule has 0 saturated carbocycles. The van der Waals surface area contributed by atoms with Crippen molar-refractivity contribution in [3.63, 3.8) is 0 Å². The number of anilines is 1. The fraction of sp³-hybridized carbons (Fsp3) is 0.294. The first-order chi connectivity index (χ1) is 13.0. The van der Waals surface area contributed by atoms with Gasteiger partial charge in [-0.05, 0) is 36.6 Å². The van der Waals surface area contributed by atoms with Crippen LogP contribution in [0.15, 0.2) is 18.2 Å². The number of alkyl halides is 3. The second-order valence-corrected chi connectivity index (χ2v) is 6.60. The molecule has 1 unspecified atom stereocenters. The minimum atomic E-state index is -4.79. The van der Waals surface area contributed by atoms with Crippen molar-refractivity contribution in [2.24, 2.45) is 12.8 Å². The normalized spacial score (nSPS) is 16.0. The standard InChI is InChI=1S/C17H14ClF4N3O3/c1-25-13(15(26)24-7-2-4-10(19)9(18)6-7)8-3-5-11(28-16(23)27)12(8)14(25)17(20,21)22/h2,4,6,11H,3,5H2,1H3,(H2,23,27)(H,24,26). The molecule has 1 aromatic heterocycles. The Morgan fingerprint density at radius 3 is 2.61 bits per heavy atom. The predicted molar refractivity (Wildman–Crippen MR) is 91.5 cm³/mol. The monoisotopic (exact) mass is 419 g/mol. The van der Waals surface area contributed by atoms with Gasteiger partial charge in [-0.2, -0.15) is 13.2 Å². The van der Waals surface area contributed by atoms with Gasteiger partial charge in [-0.1, -0.05) is 11.6 Å². The van der Waals surface area contributed by atoms with Crippen LogP contribution in [0.4, 0.5) is 28.0 Å². The fourth-order valence-electron chi connectivity index (χ4n) is 3.44. The second-order valence-electron chi connectivity index (χ2n) is 6.19. The molecular weight excluding hydrogens is 406 g/mol. The Hall–Kier alpha value is -2.75. The summed E-state index contributed by atoms with van der Waals surface area (Å²) in [6.07, 6.45) is -7.04. The largest absolute Gasteiger partial charge is 0.441 e. The molecule has 0 saturated heterocycles. The van der Waals surface area contributed by atoms with E-state index in [4.69, 9.17) is 22.1 Å². The van der Waals surface area contributed by atoms with Crippen molar-refractivity contribution in [1.29, 1.82) is 0 Å². The average Bonchev–Trinajstić information content (AvgIpc) is 3.06. The van der Waals surface area contributed by atoms with Gasteiger partial charge in [0.25, 0.3) is 5.91 Å². The van der Waals surface area contributed by atoms with Gasteiger partial charge in [0.15, 0.2) is 0 Å². The zero-order chi connectivity index (χ0) is 20.8. The highest BCUT2D eigenvalue weighted by atomic mass is 35.5. The third kappa shape index (κ3) is 3.51. The summed E-state index contributed by atoms with van der Waals surface area (Å²) in [4.78, 5) is 23.7. The number of carbonyl (C=O) groups excluding carboxylic acids is 2. The van der Waals surface area contributed by atoms with E-state index in [1.165, 1.54) is 6.07 Å². The van der Waals surface area contributed by atoms with Crippen LogP contribution in [0.5, 0.6) is 0 Å². The first-order valence-corrected chi connectivity index (χ1v) is 8.39. The Labute approximate surface area is 161 Å². The van der Waals surface area contributed by atoms with Gasteiger partial charge >= 0.3 is 12.3 Å². The highest BCUT2D eigenvalue weighted by Gasteiger charge is 2.46. The van der Waals surface area contributed by atoms with Crippen LogP contribution >= 0.6 is 11.6 Å². The van der Waals surface area contributed by atoms with Gasteiger partial charge in [-0.15, -0.1) is 0 Å². The lowest BCUT2D eigenvalue weighted by Gasteiger charge is -2.16. The van der Waals surface area contributed by atoms with Crippen LogP contribution in [0.2, 0.25) is 5.02 Å². The summed E-state index contributed by atoms with van der Waals surface area (Å²) in [5.41, 5.74) is 3.57. The fourth-order valence-corrected chi connectivity index (χ4v) is 3.62. The first kappa shape index (κ1) is 20.0. The van der Waals surface area contributed by atoms with E-state index in [0.29, 0.717) is 4.57 Å². The molecule has 2 aromatic rings. The van der Waals surface area contributed by atoms with E-state index in [0.717, 1.165) is 19.2 Å². The molecule has 3 N–H and O–H groups in total. The number of nitrogens with one attached hydrogen (secondary N) is 1. The molecule has 1 heterocycles. The molecule has 11 heteroatoms. The van der Waals surface area contributed by atoms with Crippen molar-refractivity contribution in [1.82, 2.24) is 4.57 Å². The first-order valence-electron chi connectivity index (χ1n) is 8.01. The Kier molecular flexibility index (Phi) is 5.00. The second kappa shape index (κ2) is 7.01. The number of nitrogens with two attached hydrogens (primary N) is 1. The number of fused-ring (bicyclic) bond motifs is 1. The highest BCUT2D eigenvalue weighted by molar-refractivity contribution is 6.31. The van der Waals surface area contributed by atoms with Gasteiger partial charge in [0.05, 0.1) is 5.02 Å². The van der Waals surface area contributed by atoms with Gasteiger partial charge in [-0.25, -0.2) is 9.18 Å². The van der Waals surface area contributed by atoms with Gasteiger partial charge < -0.3 is 20.4 Å². The van der Waals surface area contributed by atoms with Crippen LogP contribution < -0.4 is 11.1 Å². The lowest BCUT2D eigenvalue weighted by molar-refractivity contribution is -0.144. The van der Waals surface area contributed by atoms with E-state index in [1.54, 1.807) is 0 Å². The molecule has 0 spiro atoms. The van der Waals surface area contributed by atoms with Crippen LogP contribution in [-0.4, -0.2) is 16.6 Å². The molecule has 1 aliphatic rings. The average molecular weight is 420 g/mol. The topological polar surface area (TPSA) is 86.3 Å². The van der Waals surface area contributed by atoms with E-state index in [-0.39, 0.29) is 40.4 Å². The van der Waals surface area contributed by atoms with Crippen molar-refractivity contribution in [3.8, 4) is 0 Å². The maximum atomic E-state index is 13.6. The Balaban J connectivity index is 2.05. The van der Waals surface area contributed by atoms with Gasteiger partial charge in [-0.3, -0.25) is 4.79 Å². The summed E-state index contributed by atoms with van der Waals surface area (Å²) in [5.74, 6) is -1.54. The number of ether oxygens (including phenoxy) is 1. The van der Waals surface area contributed by atoms with Crippen molar-refractivity contribution in [2.75, 3.05) is 5.32 Å². The number of rotatable bonds is 3. The maximum Gasteiger partial charge on any atom is 0.431 e. The lowest BCUT2D eigenvalue weighted by atomic mass is 10.1. The predicted octanol–water partition coefficient (Wildman–Crippen LogP) is 4.17. The minimum Gasteiger partial charge on any atom is -0.441 e. The molecular formula is C17H14ClF4N3O3. The van der Waals surface area contributed by atoms with Crippen LogP contribution in [-0.2, 0) is 24.4 Å². The minimum absolute atomic E-state index is 0.0696. The molecule has 1 aromatic carbocycles. The summed E-state index contributed by atoms with van der Waals surface area (Å²) in [6, 6.07) is 3.39. The summed E-state index contributed by atoms with van der Waals surface area (Å²) in [5, 5.41) is 2.16. The molecule has 28 heavy (non-hydrogen) atoms. The zero-order valence-electron chi connectivity index (χ0n) is 14.4. The van der Waals surface area contributed by atoms with Gasteiger partial charge in [0.2, 0.25) is 0 Å². The smallest absolute Gasteiger partial charge is 0.431 e. The Bertz CT molecular complexity index is 972. The molecule has 0 radical (unpaired) electrons. The number of amides is 2. The summed E-state index contributed by atoms with van der Waals surface area (Å²) in [6.45, 7) is 0. The zero-order valence-corrected chi connectivity index (χ0v) is 15.1. The summed E-state index contributed by atoms with van der Waals surface area (Å²) < 4.78 is 59.7. The third-order valence-corrected chi connectivity index (χ3v) is 4.72. The maximum absolute atomic E-state index is 13.6. The van der Waals surface area contributed by atoms with Crippen molar-refractivity contribution in [3.05, 3.63) is 51.6 Å². The van der Waals surface area contributed by atoms with E-state index in [2.05, 4.69) is 5.32 Å². The third-order valence-electron chi connectivity index (χ3n) is 4.43. The number of halogens is 5.